The molecule has 6 nitrogen and oxygen atoms in total. The van der Waals surface area contributed by atoms with E-state index in [-0.39, 0.29) is 0 Å². The van der Waals surface area contributed by atoms with Gasteiger partial charge in [-0.25, -0.2) is 0 Å². The van der Waals surface area contributed by atoms with Gasteiger partial charge in [-0.3, -0.25) is 4.98 Å². The van der Waals surface area contributed by atoms with Crippen LogP contribution in [0.25, 0.3) is 10.4 Å². The molecule has 90 valence electrons. The second-order valence-corrected chi connectivity index (χ2v) is 3.32. The predicted octanol–water partition coefficient (Wildman–Crippen LogP) is 3.82. The number of pyridine rings is 1. The van der Waals surface area contributed by atoms with E-state index in [2.05, 4.69) is 15.0 Å². The van der Waals surface area contributed by atoms with Crippen LogP contribution in [0, 0.1) is 0 Å². The molecule has 0 unspecified atom stereocenters. The molecule has 0 fully saturated rings. The van der Waals surface area contributed by atoms with Gasteiger partial charge in [0.25, 0.3) is 0 Å². The molecule has 2 rings (SSSR count). The molecule has 0 aliphatic rings. The van der Waals surface area contributed by atoms with E-state index < -0.39 is 0 Å². The van der Waals surface area contributed by atoms with Gasteiger partial charge >= 0.3 is 0 Å². The van der Waals surface area contributed by atoms with Crippen LogP contribution in [0.1, 0.15) is 0 Å². The summed E-state index contributed by atoms with van der Waals surface area (Å²) in [6, 6.07) is 8.49. The minimum Gasteiger partial charge on any atom is -0.493 e. The molecule has 0 saturated heterocycles. The van der Waals surface area contributed by atoms with Gasteiger partial charge in [-0.1, -0.05) is 5.11 Å². The first-order valence-corrected chi connectivity index (χ1v) is 5.14. The van der Waals surface area contributed by atoms with Crippen molar-refractivity contribution in [2.75, 3.05) is 7.11 Å². The van der Waals surface area contributed by atoms with Crippen molar-refractivity contribution in [1.82, 2.24) is 4.98 Å². The van der Waals surface area contributed by atoms with Crippen molar-refractivity contribution in [2.45, 2.75) is 0 Å². The number of methoxy groups -OCH3 is 1. The highest BCUT2D eigenvalue weighted by Crippen LogP contribution is 2.34. The molecule has 1 aromatic heterocycles. The van der Waals surface area contributed by atoms with Crippen molar-refractivity contribution in [2.24, 2.45) is 5.11 Å². The number of hydrogen-bond donors (Lipinski definition) is 0. The standard InChI is InChI=1S/C12H10N4O2/c1-17-12-7-9(15-16-13)4-5-11(12)18-10-3-2-6-14-8-10/h2-8H,1H3. The molecule has 18 heavy (non-hydrogen) atoms. The van der Waals surface area contributed by atoms with Gasteiger partial charge < -0.3 is 9.47 Å². The Bertz CT molecular complexity index is 580. The number of nitrogens with zero attached hydrogens (tertiary/aromatic N) is 4. The highest BCUT2D eigenvalue weighted by Gasteiger charge is 2.06. The fourth-order valence-corrected chi connectivity index (χ4v) is 1.39. The van der Waals surface area contributed by atoms with Gasteiger partial charge in [0.05, 0.1) is 13.3 Å². The lowest BCUT2D eigenvalue weighted by Gasteiger charge is -2.10. The summed E-state index contributed by atoms with van der Waals surface area (Å²) in [5, 5.41) is 3.50. The third-order valence-electron chi connectivity index (χ3n) is 2.17. The van der Waals surface area contributed by atoms with Crippen LogP contribution in [0.5, 0.6) is 17.2 Å². The first-order valence-electron chi connectivity index (χ1n) is 5.14. The van der Waals surface area contributed by atoms with E-state index in [1.165, 1.54) is 7.11 Å². The van der Waals surface area contributed by atoms with E-state index in [4.69, 9.17) is 15.0 Å². The van der Waals surface area contributed by atoms with Crippen LogP contribution in [0.15, 0.2) is 47.8 Å². The van der Waals surface area contributed by atoms with Gasteiger partial charge in [0, 0.05) is 16.8 Å². The second kappa shape index (κ2) is 5.56. The normalized spacial score (nSPS) is 9.39. The zero-order chi connectivity index (χ0) is 12.8. The van der Waals surface area contributed by atoms with E-state index in [0.29, 0.717) is 22.9 Å². The molecule has 0 saturated carbocycles. The fraction of sp³-hybridized carbons (Fsp3) is 0.0833. The first kappa shape index (κ1) is 11.8. The van der Waals surface area contributed by atoms with Crippen LogP contribution in [0.2, 0.25) is 0 Å². The Labute approximate surface area is 103 Å². The summed E-state index contributed by atoms with van der Waals surface area (Å²) in [6.45, 7) is 0. The number of azide groups is 1. The molecule has 6 heteroatoms. The highest BCUT2D eigenvalue weighted by molar-refractivity contribution is 5.52. The molecule has 0 aliphatic carbocycles. The van der Waals surface area contributed by atoms with Crippen LogP contribution in [0.4, 0.5) is 5.69 Å². The number of benzene rings is 1. The minimum atomic E-state index is 0.466. The molecular weight excluding hydrogens is 232 g/mol. The summed E-state index contributed by atoms with van der Waals surface area (Å²) in [5.74, 6) is 1.62. The zero-order valence-electron chi connectivity index (χ0n) is 9.65. The number of aromatic nitrogens is 1. The van der Waals surface area contributed by atoms with Crippen molar-refractivity contribution >= 4 is 5.69 Å². The van der Waals surface area contributed by atoms with Gasteiger partial charge in [-0.2, -0.15) is 0 Å². The predicted molar refractivity (Wildman–Crippen MR) is 66.1 cm³/mol. The molecule has 1 heterocycles. The van der Waals surface area contributed by atoms with E-state index in [9.17, 15) is 0 Å². The maximum absolute atomic E-state index is 8.37. The van der Waals surface area contributed by atoms with Crippen molar-refractivity contribution in [3.05, 3.63) is 53.2 Å². The average molecular weight is 242 g/mol. The number of ether oxygens (including phenoxy) is 2. The van der Waals surface area contributed by atoms with Crippen molar-refractivity contribution < 1.29 is 9.47 Å². The van der Waals surface area contributed by atoms with Crippen molar-refractivity contribution in [3.8, 4) is 17.2 Å². The molecular formula is C12H10N4O2. The third kappa shape index (κ3) is 2.69. The fourth-order valence-electron chi connectivity index (χ4n) is 1.39. The summed E-state index contributed by atoms with van der Waals surface area (Å²) in [6.07, 6.45) is 3.26. The Morgan fingerprint density at radius 2 is 2.17 bits per heavy atom. The molecule has 0 bridgehead atoms. The lowest BCUT2D eigenvalue weighted by molar-refractivity contribution is 0.378. The van der Waals surface area contributed by atoms with E-state index >= 15 is 0 Å². The van der Waals surface area contributed by atoms with Gasteiger partial charge in [-0.05, 0) is 35.9 Å². The van der Waals surface area contributed by atoms with Crippen molar-refractivity contribution in [1.29, 1.82) is 0 Å². The minimum absolute atomic E-state index is 0.466. The van der Waals surface area contributed by atoms with E-state index in [0.717, 1.165) is 0 Å². The van der Waals surface area contributed by atoms with E-state index in [1.54, 1.807) is 42.7 Å². The van der Waals surface area contributed by atoms with Crippen LogP contribution >= 0.6 is 0 Å². The topological polar surface area (TPSA) is 80.1 Å². The molecule has 0 N–H and O–H groups in total. The van der Waals surface area contributed by atoms with Crippen LogP contribution in [0.3, 0.4) is 0 Å². The lowest BCUT2D eigenvalue weighted by Crippen LogP contribution is -1.90. The summed E-state index contributed by atoms with van der Waals surface area (Å²) in [5.41, 5.74) is 8.83. The molecule has 0 atom stereocenters. The van der Waals surface area contributed by atoms with Gasteiger partial charge in [0.15, 0.2) is 11.5 Å². The van der Waals surface area contributed by atoms with Crippen LogP contribution in [-0.2, 0) is 0 Å². The average Bonchev–Trinajstić information content (AvgIpc) is 2.42. The van der Waals surface area contributed by atoms with Crippen LogP contribution in [-0.4, -0.2) is 12.1 Å². The van der Waals surface area contributed by atoms with Gasteiger partial charge in [0.1, 0.15) is 5.75 Å². The molecule has 0 amide bonds. The Kier molecular flexibility index (Phi) is 3.63. The van der Waals surface area contributed by atoms with Gasteiger partial charge in [-0.15, -0.1) is 0 Å². The molecule has 0 spiro atoms. The SMILES string of the molecule is COc1cc(N=[N+]=[N-])ccc1Oc1cccnc1. The number of hydrogen-bond acceptors (Lipinski definition) is 4. The van der Waals surface area contributed by atoms with Gasteiger partial charge in [0.2, 0.25) is 0 Å². The smallest absolute Gasteiger partial charge is 0.169 e. The quantitative estimate of drug-likeness (QED) is 0.464. The highest BCUT2D eigenvalue weighted by atomic mass is 16.5. The summed E-state index contributed by atoms with van der Waals surface area (Å²) < 4.78 is 10.8. The second-order valence-electron chi connectivity index (χ2n) is 3.32. The maximum atomic E-state index is 8.37. The van der Waals surface area contributed by atoms with Crippen LogP contribution < -0.4 is 9.47 Å². The third-order valence-corrected chi connectivity index (χ3v) is 2.17. The molecule has 0 radical (unpaired) electrons. The Morgan fingerprint density at radius 1 is 1.28 bits per heavy atom. The Morgan fingerprint density at radius 3 is 2.83 bits per heavy atom. The van der Waals surface area contributed by atoms with Crippen molar-refractivity contribution in [3.63, 3.8) is 0 Å². The summed E-state index contributed by atoms with van der Waals surface area (Å²) in [7, 11) is 1.52. The Balaban J connectivity index is 2.30. The number of rotatable bonds is 4. The maximum Gasteiger partial charge on any atom is 0.169 e. The Hall–Kier alpha value is -2.72. The monoisotopic (exact) mass is 242 g/mol. The molecule has 0 aliphatic heterocycles. The molecule has 1 aromatic carbocycles. The first-order chi connectivity index (χ1) is 8.83. The summed E-state index contributed by atoms with van der Waals surface area (Å²) >= 11 is 0. The lowest BCUT2D eigenvalue weighted by atomic mass is 10.3. The molecule has 2 aromatic rings. The summed E-state index contributed by atoms with van der Waals surface area (Å²) in [4.78, 5) is 6.66. The zero-order valence-corrected chi connectivity index (χ0v) is 9.65. The largest absolute Gasteiger partial charge is 0.493 e. The van der Waals surface area contributed by atoms with E-state index in [1.807, 2.05) is 0 Å².